The fourth-order valence-electron chi connectivity index (χ4n) is 6.78. The summed E-state index contributed by atoms with van der Waals surface area (Å²) in [5.41, 5.74) is 6.34. The van der Waals surface area contributed by atoms with Crippen molar-refractivity contribution in [3.05, 3.63) is 79.0 Å². The smallest absolute Gasteiger partial charge is 0.0709 e. The fourth-order valence-corrected chi connectivity index (χ4v) is 6.78. The summed E-state index contributed by atoms with van der Waals surface area (Å²) in [6.45, 7) is 4.06. The number of para-hydroxylation sites is 3. The summed E-state index contributed by atoms with van der Waals surface area (Å²) in [4.78, 5) is 9.58. The van der Waals surface area contributed by atoms with Crippen molar-refractivity contribution < 1.29 is 0 Å². The highest BCUT2D eigenvalue weighted by Gasteiger charge is 2.24. The average molecular weight is 528 g/mol. The molecule has 0 aliphatic rings. The molecule has 4 aromatic carbocycles. The first-order valence-corrected chi connectivity index (χ1v) is 14.5. The molecule has 0 amide bonds. The third kappa shape index (κ3) is 3.87. The lowest BCUT2D eigenvalue weighted by molar-refractivity contribution is 0.389. The van der Waals surface area contributed by atoms with Gasteiger partial charge in [-0.3, -0.25) is 4.98 Å². The second-order valence-electron chi connectivity index (χ2n) is 11.7. The molecule has 0 saturated carbocycles. The topological polar surface area (TPSA) is 29.2 Å². The van der Waals surface area contributed by atoms with E-state index in [-0.39, 0.29) is 0 Å². The molecule has 3 heterocycles. The SMILES string of the molecule is CN(C)CCCn1c2ccccc2c2c3c4ccccc4n(CCCN(C)C)c3c3c4ccccc4ncc3c21. The third-order valence-corrected chi connectivity index (χ3v) is 8.43. The van der Waals surface area contributed by atoms with Gasteiger partial charge >= 0.3 is 0 Å². The zero-order chi connectivity index (χ0) is 27.4. The van der Waals surface area contributed by atoms with Crippen LogP contribution < -0.4 is 0 Å². The van der Waals surface area contributed by atoms with Crippen molar-refractivity contribution in [2.75, 3.05) is 41.3 Å². The Bertz CT molecular complexity index is 2030. The molecule has 0 atom stereocenters. The number of hydrogen-bond donors (Lipinski definition) is 0. The van der Waals surface area contributed by atoms with Crippen molar-refractivity contribution >= 4 is 65.3 Å². The number of hydrogen-bond acceptors (Lipinski definition) is 3. The number of aryl methyl sites for hydroxylation is 2. The first-order valence-electron chi connectivity index (χ1n) is 14.5. The predicted octanol–water partition coefficient (Wildman–Crippen LogP) is 7.51. The Morgan fingerprint density at radius 2 is 1.05 bits per heavy atom. The van der Waals surface area contributed by atoms with Gasteiger partial charge in [0.05, 0.1) is 16.6 Å². The third-order valence-electron chi connectivity index (χ3n) is 8.43. The minimum atomic E-state index is 0.969. The van der Waals surface area contributed by atoms with Gasteiger partial charge in [0.1, 0.15) is 0 Å². The minimum absolute atomic E-state index is 0.969. The molecule has 0 spiro atoms. The van der Waals surface area contributed by atoms with Crippen LogP contribution in [0.25, 0.3) is 65.3 Å². The van der Waals surface area contributed by atoms with Crippen LogP contribution in [0.1, 0.15) is 12.8 Å². The number of benzene rings is 4. The molecule has 0 saturated heterocycles. The summed E-state index contributed by atoms with van der Waals surface area (Å²) in [6, 6.07) is 26.7. The van der Waals surface area contributed by atoms with Gasteiger partial charge in [0.2, 0.25) is 0 Å². The Kier molecular flexibility index (Phi) is 6.21. The van der Waals surface area contributed by atoms with Crippen LogP contribution in [0.15, 0.2) is 79.0 Å². The van der Waals surface area contributed by atoms with Crippen molar-refractivity contribution in [3.8, 4) is 0 Å². The molecular weight excluding hydrogens is 490 g/mol. The molecule has 0 bridgehead atoms. The summed E-state index contributed by atoms with van der Waals surface area (Å²) < 4.78 is 5.17. The molecule has 5 heteroatoms. The monoisotopic (exact) mass is 527 g/mol. The van der Waals surface area contributed by atoms with Gasteiger partial charge in [0, 0.05) is 68.0 Å². The van der Waals surface area contributed by atoms with Crippen LogP contribution in [0.2, 0.25) is 0 Å². The molecule has 0 aliphatic heterocycles. The number of nitrogens with zero attached hydrogens (tertiary/aromatic N) is 5. The molecule has 7 aromatic rings. The lowest BCUT2D eigenvalue weighted by Crippen LogP contribution is -2.15. The fraction of sp³-hybridized carbons (Fsp3) is 0.286. The molecule has 5 nitrogen and oxygen atoms in total. The zero-order valence-corrected chi connectivity index (χ0v) is 24.0. The number of fused-ring (bicyclic) bond motifs is 12. The first-order chi connectivity index (χ1) is 19.5. The van der Waals surface area contributed by atoms with Gasteiger partial charge < -0.3 is 18.9 Å². The van der Waals surface area contributed by atoms with Crippen LogP contribution in [0.5, 0.6) is 0 Å². The van der Waals surface area contributed by atoms with Crippen LogP contribution in [0, 0.1) is 0 Å². The second kappa shape index (κ2) is 9.92. The molecular formula is C35H37N5. The van der Waals surface area contributed by atoms with Crippen molar-refractivity contribution in [3.63, 3.8) is 0 Å². The highest BCUT2D eigenvalue weighted by Crippen LogP contribution is 2.46. The van der Waals surface area contributed by atoms with Gasteiger partial charge in [-0.25, -0.2) is 0 Å². The van der Waals surface area contributed by atoms with E-state index in [2.05, 4.69) is 126 Å². The van der Waals surface area contributed by atoms with Gasteiger partial charge in [-0.2, -0.15) is 0 Å². The number of aromatic nitrogens is 3. The Labute approximate surface area is 235 Å². The molecule has 40 heavy (non-hydrogen) atoms. The van der Waals surface area contributed by atoms with E-state index in [9.17, 15) is 0 Å². The molecule has 0 radical (unpaired) electrons. The summed E-state index contributed by atoms with van der Waals surface area (Å²) in [5, 5.41) is 9.22. The molecule has 7 rings (SSSR count). The molecule has 0 unspecified atom stereocenters. The van der Waals surface area contributed by atoms with E-state index in [1.165, 1.54) is 59.8 Å². The Hall–Kier alpha value is -3.93. The molecule has 3 aromatic heterocycles. The largest absolute Gasteiger partial charge is 0.340 e. The number of pyridine rings is 1. The zero-order valence-electron chi connectivity index (χ0n) is 24.0. The molecule has 0 fully saturated rings. The van der Waals surface area contributed by atoms with Gasteiger partial charge in [-0.1, -0.05) is 54.6 Å². The summed E-state index contributed by atoms with van der Waals surface area (Å²) in [7, 11) is 8.64. The van der Waals surface area contributed by atoms with E-state index >= 15 is 0 Å². The van der Waals surface area contributed by atoms with Crippen LogP contribution in [-0.4, -0.2) is 65.2 Å². The maximum Gasteiger partial charge on any atom is 0.0709 e. The highest BCUT2D eigenvalue weighted by atomic mass is 15.1. The van der Waals surface area contributed by atoms with E-state index < -0.39 is 0 Å². The van der Waals surface area contributed by atoms with Gasteiger partial charge in [-0.05, 0) is 72.3 Å². The van der Waals surface area contributed by atoms with Crippen molar-refractivity contribution in [1.82, 2.24) is 23.9 Å². The van der Waals surface area contributed by atoms with E-state index in [1.54, 1.807) is 0 Å². The lowest BCUT2D eigenvalue weighted by atomic mass is 9.98. The Morgan fingerprint density at radius 3 is 1.65 bits per heavy atom. The van der Waals surface area contributed by atoms with Gasteiger partial charge in [-0.15, -0.1) is 0 Å². The van der Waals surface area contributed by atoms with Crippen molar-refractivity contribution in [1.29, 1.82) is 0 Å². The Morgan fingerprint density at radius 1 is 0.550 bits per heavy atom. The maximum atomic E-state index is 5.02. The summed E-state index contributed by atoms with van der Waals surface area (Å²) in [6.07, 6.45) is 4.33. The lowest BCUT2D eigenvalue weighted by Gasteiger charge is -2.16. The van der Waals surface area contributed by atoms with E-state index in [1.807, 2.05) is 0 Å². The number of rotatable bonds is 8. The summed E-state index contributed by atoms with van der Waals surface area (Å²) in [5.74, 6) is 0. The predicted molar refractivity (Wildman–Crippen MR) is 172 cm³/mol. The standard InChI is InChI=1S/C35H37N5/c1-37(2)19-11-21-39-29-17-9-6-14-25(29)32-33-26-15-7-10-18-30(26)40(22-12-20-38(3)4)35(33)31-24-13-5-8-16-28(24)36-23-27(31)34(32)39/h5-10,13-18,23H,11-12,19-22H2,1-4H3. The van der Waals surface area contributed by atoms with E-state index in [0.717, 1.165) is 44.5 Å². The second-order valence-corrected chi connectivity index (χ2v) is 11.7. The van der Waals surface area contributed by atoms with E-state index in [4.69, 9.17) is 4.98 Å². The quantitative estimate of drug-likeness (QED) is 0.192. The maximum absolute atomic E-state index is 5.02. The van der Waals surface area contributed by atoms with Crippen molar-refractivity contribution in [2.24, 2.45) is 0 Å². The average Bonchev–Trinajstić information content (AvgIpc) is 3.46. The highest BCUT2D eigenvalue weighted by molar-refractivity contribution is 6.39. The van der Waals surface area contributed by atoms with Gasteiger partial charge in [0.25, 0.3) is 0 Å². The Balaban J connectivity index is 1.71. The molecule has 0 N–H and O–H groups in total. The molecule has 0 aliphatic carbocycles. The minimum Gasteiger partial charge on any atom is -0.340 e. The first kappa shape index (κ1) is 25.1. The van der Waals surface area contributed by atoms with Crippen LogP contribution in [0.4, 0.5) is 0 Å². The molecule has 202 valence electrons. The normalized spacial score (nSPS) is 12.6. The van der Waals surface area contributed by atoms with E-state index in [0.29, 0.717) is 0 Å². The van der Waals surface area contributed by atoms with Crippen LogP contribution in [0.3, 0.4) is 0 Å². The summed E-state index contributed by atoms with van der Waals surface area (Å²) >= 11 is 0. The van der Waals surface area contributed by atoms with Gasteiger partial charge in [0.15, 0.2) is 0 Å². The van der Waals surface area contributed by atoms with Crippen LogP contribution >= 0.6 is 0 Å². The van der Waals surface area contributed by atoms with Crippen LogP contribution in [-0.2, 0) is 13.1 Å². The van der Waals surface area contributed by atoms with Crippen molar-refractivity contribution in [2.45, 2.75) is 25.9 Å².